The number of ether oxygens (including phenoxy) is 1. The number of ketones is 1. The van der Waals surface area contributed by atoms with Crippen molar-refractivity contribution in [3.05, 3.63) is 49.1 Å². The van der Waals surface area contributed by atoms with Crippen molar-refractivity contribution in [1.29, 1.82) is 0 Å². The van der Waals surface area contributed by atoms with E-state index in [0.717, 1.165) is 11.3 Å². The molecule has 1 heterocycles. The van der Waals surface area contributed by atoms with Crippen LogP contribution in [-0.4, -0.2) is 12.9 Å². The minimum absolute atomic E-state index is 0.215. The Hall–Kier alpha value is -0.740. The smallest absolute Gasteiger partial charge is 0.195 e. The molecule has 0 atom stereocenters. The van der Waals surface area contributed by atoms with Gasteiger partial charge in [-0.3, -0.25) is 4.79 Å². The predicted molar refractivity (Wildman–Crippen MR) is 75.8 cm³/mol. The van der Waals surface area contributed by atoms with Gasteiger partial charge in [0.2, 0.25) is 0 Å². The molecular formula is C12H7Cl3O2S. The van der Waals surface area contributed by atoms with Crippen LogP contribution in [0.15, 0.2) is 24.3 Å². The lowest BCUT2D eigenvalue weighted by atomic mass is 10.1. The van der Waals surface area contributed by atoms with Crippen molar-refractivity contribution >= 4 is 51.9 Å². The molecule has 0 N–H and O–H groups in total. The normalized spacial score (nSPS) is 10.4. The van der Waals surface area contributed by atoms with Gasteiger partial charge in [-0.15, -0.1) is 11.3 Å². The highest BCUT2D eigenvalue weighted by atomic mass is 35.5. The number of carbonyl (C=O) groups excluding carboxylic acids is 1. The minimum Gasteiger partial charge on any atom is -0.495 e. The van der Waals surface area contributed by atoms with Gasteiger partial charge >= 0.3 is 0 Å². The van der Waals surface area contributed by atoms with Gasteiger partial charge in [0, 0.05) is 5.56 Å². The van der Waals surface area contributed by atoms with E-state index in [0.29, 0.717) is 30.6 Å². The molecule has 0 bridgehead atoms. The lowest BCUT2D eigenvalue weighted by Crippen LogP contribution is -2.00. The number of methoxy groups -OCH3 is 1. The van der Waals surface area contributed by atoms with Crippen LogP contribution in [0.3, 0.4) is 0 Å². The molecule has 0 unspecified atom stereocenters. The zero-order valence-corrected chi connectivity index (χ0v) is 12.3. The molecule has 0 amide bonds. The van der Waals surface area contributed by atoms with Gasteiger partial charge in [-0.2, -0.15) is 0 Å². The van der Waals surface area contributed by atoms with E-state index in [9.17, 15) is 4.79 Å². The van der Waals surface area contributed by atoms with Crippen LogP contribution < -0.4 is 4.74 Å². The van der Waals surface area contributed by atoms with Crippen LogP contribution in [0, 0.1) is 0 Å². The molecule has 1 aromatic carbocycles. The van der Waals surface area contributed by atoms with Gasteiger partial charge in [-0.25, -0.2) is 0 Å². The first-order chi connectivity index (χ1) is 8.52. The second kappa shape index (κ2) is 5.49. The lowest BCUT2D eigenvalue weighted by molar-refractivity contribution is 0.103. The van der Waals surface area contributed by atoms with Gasteiger partial charge in [0.15, 0.2) is 5.78 Å². The van der Waals surface area contributed by atoms with Crippen LogP contribution in [-0.2, 0) is 0 Å². The molecule has 0 saturated heterocycles. The zero-order chi connectivity index (χ0) is 13.3. The number of benzene rings is 1. The first-order valence-electron chi connectivity index (χ1n) is 4.86. The monoisotopic (exact) mass is 320 g/mol. The molecule has 6 heteroatoms. The predicted octanol–water partition coefficient (Wildman–Crippen LogP) is 4.95. The first kappa shape index (κ1) is 13.7. The van der Waals surface area contributed by atoms with Crippen molar-refractivity contribution in [2.75, 3.05) is 7.11 Å². The fraction of sp³-hybridized carbons (Fsp3) is 0.0833. The van der Waals surface area contributed by atoms with E-state index < -0.39 is 0 Å². The fourth-order valence-electron chi connectivity index (χ4n) is 1.46. The number of rotatable bonds is 3. The van der Waals surface area contributed by atoms with E-state index in [-0.39, 0.29) is 5.78 Å². The molecule has 0 saturated carbocycles. The van der Waals surface area contributed by atoms with Crippen molar-refractivity contribution in [2.24, 2.45) is 0 Å². The molecule has 2 nitrogen and oxygen atoms in total. The second-order valence-electron chi connectivity index (χ2n) is 3.42. The van der Waals surface area contributed by atoms with E-state index in [1.54, 1.807) is 24.3 Å². The molecular weight excluding hydrogens is 315 g/mol. The quantitative estimate of drug-likeness (QED) is 0.748. The highest BCUT2D eigenvalue weighted by Gasteiger charge is 2.17. The summed E-state index contributed by atoms with van der Waals surface area (Å²) >= 11 is 18.9. The highest BCUT2D eigenvalue weighted by Crippen LogP contribution is 2.33. The SMILES string of the molecule is COc1ccc(C(=O)c2cc(Cl)sc2Cl)cc1Cl. The first-order valence-corrected chi connectivity index (χ1v) is 6.81. The topological polar surface area (TPSA) is 26.3 Å². The van der Waals surface area contributed by atoms with E-state index >= 15 is 0 Å². The Bertz CT molecular complexity index is 607. The molecule has 2 rings (SSSR count). The molecule has 2 aromatic rings. The van der Waals surface area contributed by atoms with E-state index in [2.05, 4.69) is 0 Å². The Balaban J connectivity index is 2.40. The molecule has 0 spiro atoms. The van der Waals surface area contributed by atoms with Gasteiger partial charge in [0.05, 0.1) is 22.0 Å². The Kier molecular flexibility index (Phi) is 4.17. The molecule has 1 aromatic heterocycles. The molecule has 0 radical (unpaired) electrons. The number of hydrogen-bond donors (Lipinski definition) is 0. The third-order valence-electron chi connectivity index (χ3n) is 2.32. The number of thiophene rings is 1. The summed E-state index contributed by atoms with van der Waals surface area (Å²) in [4.78, 5) is 12.2. The highest BCUT2D eigenvalue weighted by molar-refractivity contribution is 7.20. The fourth-order valence-corrected chi connectivity index (χ4v) is 3.17. The summed E-state index contributed by atoms with van der Waals surface area (Å²) in [6.45, 7) is 0. The van der Waals surface area contributed by atoms with Crippen molar-refractivity contribution in [2.45, 2.75) is 0 Å². The molecule has 0 aliphatic carbocycles. The molecule has 0 fully saturated rings. The summed E-state index contributed by atoms with van der Waals surface area (Å²) in [5.41, 5.74) is 0.824. The van der Waals surface area contributed by atoms with Crippen LogP contribution in [0.5, 0.6) is 5.75 Å². The number of halogens is 3. The molecule has 0 aliphatic heterocycles. The number of carbonyl (C=O) groups is 1. The Labute approximate surface area is 123 Å². The van der Waals surface area contributed by atoms with Crippen molar-refractivity contribution in [3.63, 3.8) is 0 Å². The average Bonchev–Trinajstić information content (AvgIpc) is 2.67. The Morgan fingerprint density at radius 1 is 1.22 bits per heavy atom. The lowest BCUT2D eigenvalue weighted by Gasteiger charge is -2.05. The van der Waals surface area contributed by atoms with Crippen LogP contribution >= 0.6 is 46.1 Å². The third-order valence-corrected chi connectivity index (χ3v) is 4.10. The maximum absolute atomic E-state index is 12.2. The van der Waals surface area contributed by atoms with Crippen molar-refractivity contribution in [1.82, 2.24) is 0 Å². The van der Waals surface area contributed by atoms with Crippen LogP contribution in [0.2, 0.25) is 13.7 Å². The second-order valence-corrected chi connectivity index (χ2v) is 6.11. The maximum Gasteiger partial charge on any atom is 0.195 e. The van der Waals surface area contributed by atoms with Crippen LogP contribution in [0.4, 0.5) is 0 Å². The summed E-state index contributed by atoms with van der Waals surface area (Å²) in [5.74, 6) is 0.301. The van der Waals surface area contributed by atoms with E-state index in [4.69, 9.17) is 39.5 Å². The van der Waals surface area contributed by atoms with Gasteiger partial charge in [-0.1, -0.05) is 34.8 Å². The average molecular weight is 322 g/mol. The largest absolute Gasteiger partial charge is 0.495 e. The third kappa shape index (κ3) is 2.64. The maximum atomic E-state index is 12.2. The van der Waals surface area contributed by atoms with Gasteiger partial charge in [0.25, 0.3) is 0 Å². The summed E-state index contributed by atoms with van der Waals surface area (Å²) in [6, 6.07) is 6.37. The molecule has 18 heavy (non-hydrogen) atoms. The van der Waals surface area contributed by atoms with Crippen LogP contribution in [0.25, 0.3) is 0 Å². The Morgan fingerprint density at radius 2 is 1.94 bits per heavy atom. The van der Waals surface area contributed by atoms with Crippen molar-refractivity contribution < 1.29 is 9.53 Å². The summed E-state index contributed by atoms with van der Waals surface area (Å²) in [7, 11) is 1.51. The minimum atomic E-state index is -0.215. The van der Waals surface area contributed by atoms with Crippen molar-refractivity contribution in [3.8, 4) is 5.75 Å². The Morgan fingerprint density at radius 3 is 2.44 bits per heavy atom. The van der Waals surface area contributed by atoms with Gasteiger partial charge in [0.1, 0.15) is 10.1 Å². The molecule has 94 valence electrons. The zero-order valence-electron chi connectivity index (χ0n) is 9.17. The summed E-state index contributed by atoms with van der Waals surface area (Å²) in [5, 5.41) is 0.376. The van der Waals surface area contributed by atoms with Gasteiger partial charge in [-0.05, 0) is 24.3 Å². The standard InChI is InChI=1S/C12H7Cl3O2S/c1-17-9-3-2-6(4-8(9)13)11(16)7-5-10(14)18-12(7)15/h2-5H,1H3. The summed E-state index contributed by atoms with van der Waals surface area (Å²) < 4.78 is 5.87. The van der Waals surface area contributed by atoms with E-state index in [1.807, 2.05) is 0 Å². The van der Waals surface area contributed by atoms with Gasteiger partial charge < -0.3 is 4.74 Å². The summed E-state index contributed by atoms with van der Waals surface area (Å²) in [6.07, 6.45) is 0. The number of hydrogen-bond acceptors (Lipinski definition) is 3. The molecule has 0 aliphatic rings. The van der Waals surface area contributed by atoms with E-state index in [1.165, 1.54) is 7.11 Å². The van der Waals surface area contributed by atoms with Crippen LogP contribution in [0.1, 0.15) is 15.9 Å².